The van der Waals surface area contributed by atoms with E-state index in [9.17, 15) is 0 Å². The summed E-state index contributed by atoms with van der Waals surface area (Å²) in [4.78, 5) is 0. The van der Waals surface area contributed by atoms with Crippen LogP contribution in [0, 0.1) is 0 Å². The van der Waals surface area contributed by atoms with Crippen LogP contribution in [0.4, 0.5) is 0 Å². The van der Waals surface area contributed by atoms with Crippen LogP contribution in [0.25, 0.3) is 86.6 Å². The zero-order chi connectivity index (χ0) is 39.7. The van der Waals surface area contributed by atoms with Crippen LogP contribution in [0.1, 0.15) is 25.0 Å². The molecule has 0 unspecified atom stereocenters. The molecule has 11 aromatic rings. The van der Waals surface area contributed by atoms with Crippen LogP contribution in [0.3, 0.4) is 0 Å². The fourth-order valence-corrected chi connectivity index (χ4v) is 17.6. The van der Waals surface area contributed by atoms with Gasteiger partial charge in [0.05, 0.1) is 0 Å². The van der Waals surface area contributed by atoms with E-state index in [4.69, 9.17) is 4.42 Å². The topological polar surface area (TPSA) is 13.1 Å². The maximum absolute atomic E-state index is 6.53. The minimum Gasteiger partial charge on any atom is -0.456 e. The molecule has 2 aromatic heterocycles. The molecule has 60 heavy (non-hydrogen) atoms. The first kappa shape index (κ1) is 34.1. The van der Waals surface area contributed by atoms with Crippen LogP contribution in [-0.4, -0.2) is 8.07 Å². The van der Waals surface area contributed by atoms with Crippen LogP contribution in [0.2, 0.25) is 0 Å². The van der Waals surface area contributed by atoms with Gasteiger partial charge in [0, 0.05) is 36.4 Å². The summed E-state index contributed by atoms with van der Waals surface area (Å²) in [5.41, 5.74) is 14.9. The van der Waals surface area contributed by atoms with Gasteiger partial charge in [0.2, 0.25) is 0 Å². The predicted molar refractivity (Wildman–Crippen MR) is 258 cm³/mol. The monoisotopic (exact) mass is 798 g/mol. The van der Waals surface area contributed by atoms with Crippen molar-refractivity contribution < 1.29 is 4.42 Å². The quantitative estimate of drug-likeness (QED) is 0.162. The van der Waals surface area contributed by atoms with Crippen LogP contribution in [0.15, 0.2) is 199 Å². The molecular formula is C57H38OSSi. The molecule has 282 valence electrons. The molecule has 1 nitrogen and oxygen atoms in total. The third-order valence-corrected chi connectivity index (χ3v) is 19.8. The minimum absolute atomic E-state index is 0.223. The zero-order valence-electron chi connectivity index (χ0n) is 33.3. The van der Waals surface area contributed by atoms with Gasteiger partial charge < -0.3 is 4.42 Å². The lowest BCUT2D eigenvalue weighted by Gasteiger charge is -2.37. The summed E-state index contributed by atoms with van der Waals surface area (Å²) >= 11 is 1.91. The van der Waals surface area contributed by atoms with Crippen molar-refractivity contribution in [3.8, 4) is 44.5 Å². The molecule has 2 aliphatic rings. The van der Waals surface area contributed by atoms with Gasteiger partial charge in [-0.3, -0.25) is 0 Å². The Kier molecular flexibility index (Phi) is 7.04. The smallest absolute Gasteiger partial charge is 0.180 e. The maximum Gasteiger partial charge on any atom is 0.180 e. The number of benzene rings is 9. The average Bonchev–Trinajstić information content (AvgIpc) is 3.93. The summed E-state index contributed by atoms with van der Waals surface area (Å²) in [7, 11) is -3.14. The highest BCUT2D eigenvalue weighted by atomic mass is 32.1. The first-order valence-electron chi connectivity index (χ1n) is 20.9. The Balaban J connectivity index is 1.22. The Morgan fingerprint density at radius 2 is 1.07 bits per heavy atom. The lowest BCUT2D eigenvalue weighted by atomic mass is 9.81. The van der Waals surface area contributed by atoms with E-state index in [1.54, 1.807) is 0 Å². The van der Waals surface area contributed by atoms with Gasteiger partial charge in [0.1, 0.15) is 11.2 Å². The fraction of sp³-hybridized carbons (Fsp3) is 0.0526. The van der Waals surface area contributed by atoms with Gasteiger partial charge >= 0.3 is 0 Å². The second-order valence-electron chi connectivity index (χ2n) is 17.1. The van der Waals surface area contributed by atoms with Crippen molar-refractivity contribution >= 4 is 82.3 Å². The van der Waals surface area contributed by atoms with Crippen molar-refractivity contribution in [3.63, 3.8) is 0 Å². The van der Waals surface area contributed by atoms with Crippen LogP contribution < -0.4 is 20.7 Å². The lowest BCUT2D eigenvalue weighted by Crippen LogP contribution is -2.75. The van der Waals surface area contributed by atoms with Gasteiger partial charge in [0.15, 0.2) is 8.07 Å². The van der Waals surface area contributed by atoms with E-state index in [2.05, 4.69) is 208 Å². The first-order valence-corrected chi connectivity index (χ1v) is 23.7. The SMILES string of the molecule is CC1(C)c2cccc3c2-c2c1cc(-c1cccc4oc5ccccc5c14)cc2[Si](c1ccccc1)(c1ccccc1)c1cc(-c2cccc4c2sc2ccccc24)ccc1-3. The molecule has 0 amide bonds. The summed E-state index contributed by atoms with van der Waals surface area (Å²) in [5.74, 6) is 0. The second-order valence-corrected chi connectivity index (χ2v) is 21.9. The largest absolute Gasteiger partial charge is 0.456 e. The Bertz CT molecular complexity index is 3530. The number of rotatable bonds is 4. The molecule has 0 spiro atoms. The highest BCUT2D eigenvalue weighted by molar-refractivity contribution is 7.26. The Morgan fingerprint density at radius 3 is 1.88 bits per heavy atom. The van der Waals surface area contributed by atoms with Gasteiger partial charge in [0.25, 0.3) is 0 Å². The fourth-order valence-electron chi connectivity index (χ4n) is 11.1. The molecule has 0 saturated carbocycles. The Labute approximate surface area is 353 Å². The molecule has 9 aromatic carbocycles. The number of furan rings is 1. The van der Waals surface area contributed by atoms with Crippen molar-refractivity contribution in [2.75, 3.05) is 0 Å². The molecule has 3 heterocycles. The molecule has 0 saturated heterocycles. The van der Waals surface area contributed by atoms with Gasteiger partial charge in [-0.2, -0.15) is 0 Å². The van der Waals surface area contributed by atoms with Gasteiger partial charge in [-0.15, -0.1) is 11.3 Å². The van der Waals surface area contributed by atoms with Gasteiger partial charge in [-0.1, -0.05) is 184 Å². The molecular weight excluding hydrogens is 761 g/mol. The van der Waals surface area contributed by atoms with E-state index >= 15 is 0 Å². The van der Waals surface area contributed by atoms with E-state index in [0.29, 0.717) is 0 Å². The molecule has 13 rings (SSSR count). The van der Waals surface area contributed by atoms with E-state index in [1.165, 1.54) is 102 Å². The molecule has 0 fully saturated rings. The first-order chi connectivity index (χ1) is 29.5. The lowest BCUT2D eigenvalue weighted by molar-refractivity contribution is 0.661. The summed E-state index contributed by atoms with van der Waals surface area (Å²) in [6.45, 7) is 4.88. The molecule has 1 aliphatic heterocycles. The van der Waals surface area contributed by atoms with Crippen LogP contribution in [0.5, 0.6) is 0 Å². The summed E-state index contributed by atoms with van der Waals surface area (Å²) in [6, 6.07) is 73.6. The molecule has 0 bridgehead atoms. The number of hydrogen-bond acceptors (Lipinski definition) is 2. The zero-order valence-corrected chi connectivity index (χ0v) is 35.1. The van der Waals surface area contributed by atoms with E-state index in [1.807, 2.05) is 11.3 Å². The molecule has 0 N–H and O–H groups in total. The molecule has 0 radical (unpaired) electrons. The van der Waals surface area contributed by atoms with E-state index in [-0.39, 0.29) is 5.41 Å². The highest BCUT2D eigenvalue weighted by Crippen LogP contribution is 2.54. The standard InChI is InChI=1S/C57H38OSSi/c1-57(2)46-26-14-24-43-42-31-30-35(40-23-13-25-44-41-20-10-12-29-50(41)59-56(40)44)33-51(42)60(37-16-5-3-6-17-37,38-18-7-4-8-19-38)52-34-36(32-47(57)55(52)54(43)46)39-22-15-28-49-53(39)45-21-9-11-27-48(45)58-49/h3-34H,1-2H3. The van der Waals surface area contributed by atoms with E-state index < -0.39 is 8.07 Å². The Morgan fingerprint density at radius 1 is 0.433 bits per heavy atom. The molecule has 1 aliphatic carbocycles. The number of para-hydroxylation sites is 1. The summed E-state index contributed by atoms with van der Waals surface area (Å²) in [5, 5.41) is 10.6. The van der Waals surface area contributed by atoms with Crippen molar-refractivity contribution in [2.45, 2.75) is 19.3 Å². The second kappa shape index (κ2) is 12.4. The van der Waals surface area contributed by atoms with Crippen LogP contribution in [-0.2, 0) is 5.41 Å². The van der Waals surface area contributed by atoms with Crippen molar-refractivity contribution in [3.05, 3.63) is 205 Å². The highest BCUT2D eigenvalue weighted by Gasteiger charge is 2.51. The van der Waals surface area contributed by atoms with Crippen molar-refractivity contribution in [1.29, 1.82) is 0 Å². The minimum atomic E-state index is -3.14. The van der Waals surface area contributed by atoms with Gasteiger partial charge in [-0.25, -0.2) is 0 Å². The van der Waals surface area contributed by atoms with Crippen LogP contribution >= 0.6 is 11.3 Å². The summed E-state index contributed by atoms with van der Waals surface area (Å²) < 4.78 is 9.19. The van der Waals surface area contributed by atoms with Crippen molar-refractivity contribution in [1.82, 2.24) is 0 Å². The number of hydrogen-bond donors (Lipinski definition) is 0. The third-order valence-electron chi connectivity index (χ3n) is 13.8. The van der Waals surface area contributed by atoms with E-state index in [0.717, 1.165) is 16.6 Å². The number of fused-ring (bicyclic) bond motifs is 8. The van der Waals surface area contributed by atoms with Crippen molar-refractivity contribution in [2.24, 2.45) is 0 Å². The third kappa shape index (κ3) is 4.46. The molecule has 0 atom stereocenters. The maximum atomic E-state index is 6.53. The predicted octanol–water partition coefficient (Wildman–Crippen LogP) is 13.0. The average molecular weight is 799 g/mol. The normalized spacial score (nSPS) is 14.4. The number of thiophene rings is 1. The van der Waals surface area contributed by atoms with Gasteiger partial charge in [-0.05, 0) is 101 Å². The molecule has 3 heteroatoms. The Hall–Kier alpha value is -6.78. The summed E-state index contributed by atoms with van der Waals surface area (Å²) in [6.07, 6.45) is 0.